The molecule has 132 valence electrons. The van der Waals surface area contributed by atoms with Crippen molar-refractivity contribution in [1.82, 2.24) is 10.3 Å². The maximum absolute atomic E-state index is 12.9. The standard InChI is InChI=1S/C19H23FN4O/c20-17-5-3-14(4-6-17)12-22-13-16-2-1-9-23-19(16)24-10-7-15(8-11-24)18(21)25/h1-6,9,15,22H,7-8,10-13H2,(H2,21,25). The normalized spacial score (nSPS) is 15.3. The van der Waals surface area contributed by atoms with Gasteiger partial charge in [0.25, 0.3) is 0 Å². The summed E-state index contributed by atoms with van der Waals surface area (Å²) >= 11 is 0. The molecule has 1 amide bonds. The number of piperidine rings is 1. The van der Waals surface area contributed by atoms with Crippen molar-refractivity contribution in [3.05, 3.63) is 59.5 Å². The fourth-order valence-corrected chi connectivity index (χ4v) is 3.17. The number of carbonyl (C=O) groups excluding carboxylic acids is 1. The predicted octanol–water partition coefficient (Wildman–Crippen LogP) is 2.21. The highest BCUT2D eigenvalue weighted by Crippen LogP contribution is 2.24. The molecule has 2 heterocycles. The summed E-state index contributed by atoms with van der Waals surface area (Å²) in [6, 6.07) is 10.5. The third kappa shape index (κ3) is 4.54. The second kappa shape index (κ2) is 8.07. The molecule has 0 spiro atoms. The number of nitrogens with one attached hydrogen (secondary N) is 1. The quantitative estimate of drug-likeness (QED) is 0.844. The van der Waals surface area contributed by atoms with Crippen LogP contribution in [-0.2, 0) is 17.9 Å². The molecule has 2 aromatic rings. The number of hydrogen-bond acceptors (Lipinski definition) is 4. The molecule has 1 saturated heterocycles. The smallest absolute Gasteiger partial charge is 0.220 e. The van der Waals surface area contributed by atoms with Crippen molar-refractivity contribution in [3.8, 4) is 0 Å². The van der Waals surface area contributed by atoms with Crippen LogP contribution >= 0.6 is 0 Å². The molecule has 3 rings (SSSR count). The third-order valence-corrected chi connectivity index (χ3v) is 4.62. The van der Waals surface area contributed by atoms with E-state index in [0.29, 0.717) is 13.1 Å². The van der Waals surface area contributed by atoms with Gasteiger partial charge < -0.3 is 16.0 Å². The largest absolute Gasteiger partial charge is 0.369 e. The molecular formula is C19H23FN4O. The summed E-state index contributed by atoms with van der Waals surface area (Å²) in [5.41, 5.74) is 7.55. The van der Waals surface area contributed by atoms with Crippen LogP contribution in [0.1, 0.15) is 24.0 Å². The van der Waals surface area contributed by atoms with E-state index < -0.39 is 0 Å². The van der Waals surface area contributed by atoms with Crippen LogP contribution in [0.15, 0.2) is 42.6 Å². The number of nitrogens with two attached hydrogens (primary N) is 1. The molecule has 25 heavy (non-hydrogen) atoms. The topological polar surface area (TPSA) is 71.2 Å². The highest BCUT2D eigenvalue weighted by molar-refractivity contribution is 5.77. The van der Waals surface area contributed by atoms with E-state index >= 15 is 0 Å². The molecule has 1 aliphatic rings. The summed E-state index contributed by atoms with van der Waals surface area (Å²) in [6.45, 7) is 2.92. The first-order chi connectivity index (χ1) is 12.1. The van der Waals surface area contributed by atoms with Gasteiger partial charge in [0.05, 0.1) is 0 Å². The van der Waals surface area contributed by atoms with E-state index in [1.54, 1.807) is 18.3 Å². The highest BCUT2D eigenvalue weighted by atomic mass is 19.1. The van der Waals surface area contributed by atoms with E-state index in [9.17, 15) is 9.18 Å². The summed E-state index contributed by atoms with van der Waals surface area (Å²) in [5.74, 6) is 0.497. The summed E-state index contributed by atoms with van der Waals surface area (Å²) in [4.78, 5) is 18.1. The van der Waals surface area contributed by atoms with Crippen LogP contribution in [0.3, 0.4) is 0 Å². The van der Waals surface area contributed by atoms with Crippen LogP contribution in [-0.4, -0.2) is 24.0 Å². The lowest BCUT2D eigenvalue weighted by Crippen LogP contribution is -2.39. The number of nitrogens with zero attached hydrogens (tertiary/aromatic N) is 2. The minimum atomic E-state index is -0.224. The minimum Gasteiger partial charge on any atom is -0.369 e. The van der Waals surface area contributed by atoms with Crippen LogP contribution in [0.4, 0.5) is 10.2 Å². The summed E-state index contributed by atoms with van der Waals surface area (Å²) in [5, 5.41) is 3.38. The molecular weight excluding hydrogens is 319 g/mol. The SMILES string of the molecule is NC(=O)C1CCN(c2ncccc2CNCc2ccc(F)cc2)CC1. The van der Waals surface area contributed by atoms with Crippen LogP contribution in [0.2, 0.25) is 0 Å². The van der Waals surface area contributed by atoms with Gasteiger partial charge >= 0.3 is 0 Å². The Morgan fingerprint density at radius 2 is 1.92 bits per heavy atom. The number of rotatable bonds is 6. The predicted molar refractivity (Wildman–Crippen MR) is 95.3 cm³/mol. The van der Waals surface area contributed by atoms with Crippen LogP contribution < -0.4 is 16.0 Å². The molecule has 3 N–H and O–H groups in total. The number of carbonyl (C=O) groups is 1. The molecule has 0 bridgehead atoms. The fraction of sp³-hybridized carbons (Fsp3) is 0.368. The van der Waals surface area contributed by atoms with E-state index in [1.807, 2.05) is 6.07 Å². The number of halogens is 1. The van der Waals surface area contributed by atoms with E-state index in [4.69, 9.17) is 5.73 Å². The fourth-order valence-electron chi connectivity index (χ4n) is 3.17. The van der Waals surface area contributed by atoms with Gasteiger partial charge in [0.15, 0.2) is 0 Å². The van der Waals surface area contributed by atoms with Crippen LogP contribution in [0, 0.1) is 11.7 Å². The van der Waals surface area contributed by atoms with E-state index in [0.717, 1.165) is 42.9 Å². The Balaban J connectivity index is 1.59. The zero-order valence-electron chi connectivity index (χ0n) is 14.1. The van der Waals surface area contributed by atoms with Gasteiger partial charge in [0.1, 0.15) is 11.6 Å². The Kier molecular flexibility index (Phi) is 5.60. The molecule has 1 aromatic carbocycles. The van der Waals surface area contributed by atoms with Gasteiger partial charge in [0.2, 0.25) is 5.91 Å². The van der Waals surface area contributed by atoms with Crippen molar-refractivity contribution >= 4 is 11.7 Å². The number of aromatic nitrogens is 1. The number of primary amides is 1. The first-order valence-corrected chi connectivity index (χ1v) is 8.57. The number of benzene rings is 1. The molecule has 0 aliphatic carbocycles. The second-order valence-electron chi connectivity index (χ2n) is 6.38. The van der Waals surface area contributed by atoms with E-state index in [-0.39, 0.29) is 17.6 Å². The maximum Gasteiger partial charge on any atom is 0.220 e. The van der Waals surface area contributed by atoms with Gasteiger partial charge in [-0.05, 0) is 36.6 Å². The molecule has 1 aromatic heterocycles. The molecule has 0 atom stereocenters. The van der Waals surface area contributed by atoms with Crippen molar-refractivity contribution in [2.24, 2.45) is 11.7 Å². The Bertz CT molecular complexity index is 712. The van der Waals surface area contributed by atoms with Crippen molar-refractivity contribution in [3.63, 3.8) is 0 Å². The molecule has 5 nitrogen and oxygen atoms in total. The van der Waals surface area contributed by atoms with Gasteiger partial charge in [-0.1, -0.05) is 18.2 Å². The molecule has 1 fully saturated rings. The van der Waals surface area contributed by atoms with Gasteiger partial charge in [0, 0.05) is 43.9 Å². The van der Waals surface area contributed by atoms with Crippen molar-refractivity contribution in [1.29, 1.82) is 0 Å². The number of anilines is 1. The number of amides is 1. The Hall–Kier alpha value is -2.47. The maximum atomic E-state index is 12.9. The first kappa shape index (κ1) is 17.4. The molecule has 0 radical (unpaired) electrons. The summed E-state index contributed by atoms with van der Waals surface area (Å²) in [6.07, 6.45) is 3.34. The van der Waals surface area contributed by atoms with Crippen molar-refractivity contribution in [2.45, 2.75) is 25.9 Å². The Morgan fingerprint density at radius 1 is 1.20 bits per heavy atom. The van der Waals surface area contributed by atoms with Gasteiger partial charge in [-0.3, -0.25) is 4.79 Å². The van der Waals surface area contributed by atoms with Crippen LogP contribution in [0.25, 0.3) is 0 Å². The first-order valence-electron chi connectivity index (χ1n) is 8.57. The van der Waals surface area contributed by atoms with Gasteiger partial charge in [-0.15, -0.1) is 0 Å². The average Bonchev–Trinajstić information content (AvgIpc) is 2.64. The Morgan fingerprint density at radius 3 is 2.60 bits per heavy atom. The zero-order chi connectivity index (χ0) is 17.6. The summed E-state index contributed by atoms with van der Waals surface area (Å²) in [7, 11) is 0. The zero-order valence-corrected chi connectivity index (χ0v) is 14.1. The second-order valence-corrected chi connectivity index (χ2v) is 6.38. The van der Waals surface area contributed by atoms with Gasteiger partial charge in [-0.2, -0.15) is 0 Å². The van der Waals surface area contributed by atoms with Crippen molar-refractivity contribution < 1.29 is 9.18 Å². The third-order valence-electron chi connectivity index (χ3n) is 4.62. The summed E-state index contributed by atoms with van der Waals surface area (Å²) < 4.78 is 12.9. The Labute approximate surface area is 147 Å². The lowest BCUT2D eigenvalue weighted by Gasteiger charge is -2.32. The van der Waals surface area contributed by atoms with Gasteiger partial charge in [-0.25, -0.2) is 9.37 Å². The van der Waals surface area contributed by atoms with E-state index in [2.05, 4.69) is 21.3 Å². The number of hydrogen-bond donors (Lipinski definition) is 2. The molecule has 0 unspecified atom stereocenters. The molecule has 6 heteroatoms. The molecule has 0 saturated carbocycles. The van der Waals surface area contributed by atoms with E-state index in [1.165, 1.54) is 12.1 Å². The minimum absolute atomic E-state index is 0.0278. The lowest BCUT2D eigenvalue weighted by atomic mass is 9.96. The van der Waals surface area contributed by atoms with Crippen molar-refractivity contribution in [2.75, 3.05) is 18.0 Å². The number of pyridine rings is 1. The van der Waals surface area contributed by atoms with Crippen LogP contribution in [0.5, 0.6) is 0 Å². The average molecular weight is 342 g/mol. The monoisotopic (exact) mass is 342 g/mol. The lowest BCUT2D eigenvalue weighted by molar-refractivity contribution is -0.122. The highest BCUT2D eigenvalue weighted by Gasteiger charge is 2.24. The molecule has 1 aliphatic heterocycles.